The molecule has 6 nitrogen and oxygen atoms in total. The monoisotopic (exact) mass is 365 g/mol. The number of anilines is 1. The third-order valence-electron chi connectivity index (χ3n) is 4.61. The van der Waals surface area contributed by atoms with Gasteiger partial charge in [-0.15, -0.1) is 0 Å². The van der Waals surface area contributed by atoms with Crippen LogP contribution in [0.1, 0.15) is 24.1 Å². The second kappa shape index (κ2) is 8.49. The quantitative estimate of drug-likeness (QED) is 0.574. The summed E-state index contributed by atoms with van der Waals surface area (Å²) in [6, 6.07) is 11.1. The van der Waals surface area contributed by atoms with Crippen molar-refractivity contribution in [3.63, 3.8) is 0 Å². The molecule has 140 valence electrons. The lowest BCUT2D eigenvalue weighted by molar-refractivity contribution is -0.384. The van der Waals surface area contributed by atoms with Gasteiger partial charge < -0.3 is 9.64 Å². The number of hydrogen-bond acceptors (Lipinski definition) is 5. The fourth-order valence-corrected chi connectivity index (χ4v) is 3.12. The van der Waals surface area contributed by atoms with E-state index in [0.717, 1.165) is 42.9 Å². The molecule has 1 aromatic heterocycles. The summed E-state index contributed by atoms with van der Waals surface area (Å²) in [5.74, 6) is 1.32. The zero-order valence-corrected chi connectivity index (χ0v) is 15.6. The number of pyridine rings is 1. The third-order valence-corrected chi connectivity index (χ3v) is 4.61. The summed E-state index contributed by atoms with van der Waals surface area (Å²) >= 11 is 0. The fraction of sp³-hybridized carbons (Fsp3) is 0.286. The number of allylic oxidation sites excluding steroid dienone is 2. The van der Waals surface area contributed by atoms with Crippen LogP contribution < -0.4 is 9.64 Å². The number of hydrogen-bond donors (Lipinski definition) is 0. The first-order valence-corrected chi connectivity index (χ1v) is 8.94. The molecule has 0 atom stereocenters. The number of benzene rings is 1. The molecule has 1 aliphatic rings. The van der Waals surface area contributed by atoms with Gasteiger partial charge in [-0.25, -0.2) is 4.98 Å². The highest BCUT2D eigenvalue weighted by molar-refractivity contribution is 5.59. The number of nitrogens with zero attached hydrogens (tertiary/aromatic N) is 3. The van der Waals surface area contributed by atoms with Crippen LogP contribution in [-0.2, 0) is 0 Å². The minimum Gasteiger partial charge on any atom is -0.497 e. The van der Waals surface area contributed by atoms with Crippen LogP contribution in [-0.4, -0.2) is 30.1 Å². The standard InChI is InChI=1S/C21H23N3O3/c1-16-9-10-20(24(25)26)21(22-16)23-13-11-17(12-14-23)5-3-6-18-7-4-8-19(15-18)27-2/h3-10,15H,11-14H2,1-2H3/b6-3+. The van der Waals surface area contributed by atoms with Crippen molar-refractivity contribution in [2.75, 3.05) is 25.1 Å². The normalized spacial score (nSPS) is 14.4. The molecule has 1 fully saturated rings. The minimum absolute atomic E-state index is 0.0750. The summed E-state index contributed by atoms with van der Waals surface area (Å²) in [5.41, 5.74) is 3.29. The molecule has 3 rings (SSSR count). The van der Waals surface area contributed by atoms with Crippen LogP contribution in [0.25, 0.3) is 6.08 Å². The van der Waals surface area contributed by atoms with Crippen LogP contribution in [0.4, 0.5) is 11.5 Å². The van der Waals surface area contributed by atoms with Crippen molar-refractivity contribution in [3.8, 4) is 5.75 Å². The second-order valence-electron chi connectivity index (χ2n) is 6.50. The molecule has 1 aromatic carbocycles. The summed E-state index contributed by atoms with van der Waals surface area (Å²) in [4.78, 5) is 17.3. The number of methoxy groups -OCH3 is 1. The van der Waals surface area contributed by atoms with E-state index in [2.05, 4.69) is 17.1 Å². The average Bonchev–Trinajstić information content (AvgIpc) is 2.68. The molecule has 6 heteroatoms. The molecule has 1 saturated heterocycles. The predicted molar refractivity (Wildman–Crippen MR) is 107 cm³/mol. The number of aryl methyl sites for hydroxylation is 1. The van der Waals surface area contributed by atoms with E-state index < -0.39 is 0 Å². The molecule has 2 aromatic rings. The Bertz CT molecular complexity index is 880. The van der Waals surface area contributed by atoms with Gasteiger partial charge in [0.1, 0.15) is 5.75 Å². The Morgan fingerprint density at radius 1 is 1.22 bits per heavy atom. The fourth-order valence-electron chi connectivity index (χ4n) is 3.12. The zero-order valence-electron chi connectivity index (χ0n) is 15.6. The van der Waals surface area contributed by atoms with E-state index in [0.29, 0.717) is 5.82 Å². The van der Waals surface area contributed by atoms with Gasteiger partial charge in [0.05, 0.1) is 12.0 Å². The van der Waals surface area contributed by atoms with Crippen molar-refractivity contribution in [2.45, 2.75) is 19.8 Å². The van der Waals surface area contributed by atoms with Gasteiger partial charge in [-0.1, -0.05) is 35.9 Å². The number of rotatable bonds is 5. The van der Waals surface area contributed by atoms with E-state index in [4.69, 9.17) is 4.74 Å². The molecule has 2 heterocycles. The van der Waals surface area contributed by atoms with Gasteiger partial charge >= 0.3 is 5.69 Å². The van der Waals surface area contributed by atoms with E-state index in [1.54, 1.807) is 19.2 Å². The van der Waals surface area contributed by atoms with Crippen molar-refractivity contribution < 1.29 is 9.66 Å². The second-order valence-corrected chi connectivity index (χ2v) is 6.50. The average molecular weight is 365 g/mol. The van der Waals surface area contributed by atoms with Gasteiger partial charge in [-0.3, -0.25) is 10.1 Å². The summed E-state index contributed by atoms with van der Waals surface area (Å²) in [6.45, 7) is 3.32. The minimum atomic E-state index is -0.357. The Morgan fingerprint density at radius 2 is 2.00 bits per heavy atom. The van der Waals surface area contributed by atoms with Crippen molar-refractivity contribution in [2.24, 2.45) is 0 Å². The highest BCUT2D eigenvalue weighted by Crippen LogP contribution is 2.29. The first kappa shape index (κ1) is 18.6. The molecular weight excluding hydrogens is 342 g/mol. The lowest BCUT2D eigenvalue weighted by atomic mass is 10.0. The lowest BCUT2D eigenvalue weighted by Gasteiger charge is -2.29. The smallest absolute Gasteiger partial charge is 0.311 e. The van der Waals surface area contributed by atoms with E-state index in [1.165, 1.54) is 5.57 Å². The number of ether oxygens (including phenoxy) is 1. The van der Waals surface area contributed by atoms with Crippen molar-refractivity contribution in [1.82, 2.24) is 4.98 Å². The van der Waals surface area contributed by atoms with Gasteiger partial charge in [0.2, 0.25) is 5.82 Å². The van der Waals surface area contributed by atoms with Crippen molar-refractivity contribution in [1.29, 1.82) is 0 Å². The van der Waals surface area contributed by atoms with E-state index in [-0.39, 0.29) is 10.6 Å². The molecule has 0 amide bonds. The molecule has 0 saturated carbocycles. The van der Waals surface area contributed by atoms with Crippen LogP contribution >= 0.6 is 0 Å². The van der Waals surface area contributed by atoms with Crippen molar-refractivity contribution in [3.05, 3.63) is 75.5 Å². The Balaban J connectivity index is 1.65. The highest BCUT2D eigenvalue weighted by Gasteiger charge is 2.23. The van der Waals surface area contributed by atoms with Crippen LogP contribution in [0, 0.1) is 17.0 Å². The topological polar surface area (TPSA) is 68.5 Å². The third kappa shape index (κ3) is 4.73. The summed E-state index contributed by atoms with van der Waals surface area (Å²) in [6.07, 6.45) is 7.97. The van der Waals surface area contributed by atoms with Gasteiger partial charge in [0.25, 0.3) is 0 Å². The highest BCUT2D eigenvalue weighted by atomic mass is 16.6. The maximum atomic E-state index is 11.3. The zero-order chi connectivity index (χ0) is 19.2. The summed E-state index contributed by atoms with van der Waals surface area (Å²) < 4.78 is 5.23. The Hall–Kier alpha value is -3.15. The Labute approximate surface area is 158 Å². The Morgan fingerprint density at radius 3 is 2.70 bits per heavy atom. The van der Waals surface area contributed by atoms with Crippen LogP contribution in [0.2, 0.25) is 0 Å². The predicted octanol–water partition coefficient (Wildman–Crippen LogP) is 4.55. The number of aromatic nitrogens is 1. The molecule has 0 radical (unpaired) electrons. The largest absolute Gasteiger partial charge is 0.497 e. The van der Waals surface area contributed by atoms with Gasteiger partial charge in [-0.05, 0) is 43.5 Å². The van der Waals surface area contributed by atoms with Crippen LogP contribution in [0.15, 0.2) is 54.1 Å². The first-order valence-electron chi connectivity index (χ1n) is 8.94. The molecule has 0 unspecified atom stereocenters. The molecular formula is C21H23N3O3. The molecule has 0 aliphatic carbocycles. The number of nitro groups is 1. The molecule has 1 aliphatic heterocycles. The van der Waals surface area contributed by atoms with Crippen LogP contribution in [0.5, 0.6) is 5.75 Å². The van der Waals surface area contributed by atoms with Crippen LogP contribution in [0.3, 0.4) is 0 Å². The first-order chi connectivity index (χ1) is 13.1. The molecule has 0 spiro atoms. The Kier molecular flexibility index (Phi) is 5.86. The SMILES string of the molecule is COc1cccc(/C=C/C=C2CCN(c3nc(C)ccc3[N+](=O)[O-])CC2)c1. The van der Waals surface area contributed by atoms with Gasteiger partial charge in [0.15, 0.2) is 0 Å². The van der Waals surface area contributed by atoms with Gasteiger partial charge in [0, 0.05) is 24.8 Å². The van der Waals surface area contributed by atoms with E-state index in [1.807, 2.05) is 42.2 Å². The van der Waals surface area contributed by atoms with Gasteiger partial charge in [-0.2, -0.15) is 0 Å². The summed E-state index contributed by atoms with van der Waals surface area (Å²) in [5, 5.41) is 11.3. The molecule has 0 N–H and O–H groups in total. The molecule has 27 heavy (non-hydrogen) atoms. The summed E-state index contributed by atoms with van der Waals surface area (Å²) in [7, 11) is 1.66. The van der Waals surface area contributed by atoms with Crippen molar-refractivity contribution >= 4 is 17.6 Å². The number of piperidine rings is 1. The van der Waals surface area contributed by atoms with E-state index in [9.17, 15) is 10.1 Å². The molecule has 0 bridgehead atoms. The lowest BCUT2D eigenvalue weighted by Crippen LogP contribution is -2.32. The van der Waals surface area contributed by atoms with E-state index >= 15 is 0 Å². The maximum Gasteiger partial charge on any atom is 0.311 e. The maximum absolute atomic E-state index is 11.3.